The van der Waals surface area contributed by atoms with Crippen molar-refractivity contribution in [3.63, 3.8) is 0 Å². The Morgan fingerprint density at radius 3 is 2.75 bits per heavy atom. The van der Waals surface area contributed by atoms with Crippen LogP contribution in [0, 0.1) is 0 Å². The average molecular weight is 111 g/mol. The van der Waals surface area contributed by atoms with E-state index in [0.717, 1.165) is 6.61 Å². The van der Waals surface area contributed by atoms with Gasteiger partial charge in [0.2, 0.25) is 0 Å². The minimum atomic E-state index is 0.370. The molecule has 1 spiro atoms. The lowest BCUT2D eigenvalue weighted by molar-refractivity contribution is 0.186. The highest BCUT2D eigenvalue weighted by Gasteiger charge is 2.43. The Bertz CT molecular complexity index is 126. The fourth-order valence-corrected chi connectivity index (χ4v) is 0.948. The van der Waals surface area contributed by atoms with Gasteiger partial charge in [0.25, 0.3) is 0 Å². The van der Waals surface area contributed by atoms with Crippen LogP contribution in [0.25, 0.3) is 0 Å². The highest BCUT2D eigenvalue weighted by Crippen LogP contribution is 2.36. The predicted molar refractivity (Wildman–Crippen MR) is 30.2 cm³/mol. The zero-order valence-electron chi connectivity index (χ0n) is 4.68. The fourth-order valence-electron chi connectivity index (χ4n) is 0.948. The van der Waals surface area contributed by atoms with Crippen molar-refractivity contribution in [1.29, 1.82) is 0 Å². The molecular weight excluding hydrogens is 102 g/mol. The lowest BCUT2D eigenvalue weighted by Gasteiger charge is -2.18. The quantitative estimate of drug-likeness (QED) is 0.494. The molecule has 2 aliphatic rings. The smallest absolute Gasteiger partial charge is 0.110 e. The zero-order chi connectivity index (χ0) is 5.45. The summed E-state index contributed by atoms with van der Waals surface area (Å²) in [6.45, 7) is 0.865. The molecule has 2 heteroatoms. The summed E-state index contributed by atoms with van der Waals surface area (Å²) in [6, 6.07) is 0. The number of rotatable bonds is 0. The van der Waals surface area contributed by atoms with E-state index in [2.05, 4.69) is 5.32 Å². The van der Waals surface area contributed by atoms with E-state index in [1.54, 1.807) is 6.26 Å². The van der Waals surface area contributed by atoms with Gasteiger partial charge in [0.05, 0.1) is 11.8 Å². The summed E-state index contributed by atoms with van der Waals surface area (Å²) in [5, 5.41) is 3.26. The van der Waals surface area contributed by atoms with Gasteiger partial charge in [0.1, 0.15) is 6.61 Å². The van der Waals surface area contributed by atoms with Crippen molar-refractivity contribution in [2.45, 2.75) is 18.4 Å². The molecule has 0 radical (unpaired) electrons. The van der Waals surface area contributed by atoms with Gasteiger partial charge in [-0.2, -0.15) is 0 Å². The van der Waals surface area contributed by atoms with Crippen molar-refractivity contribution in [2.75, 3.05) is 6.61 Å². The summed E-state index contributed by atoms with van der Waals surface area (Å²) in [5.41, 5.74) is 0.370. The average Bonchev–Trinajstić information content (AvgIpc) is 2.52. The summed E-state index contributed by atoms with van der Waals surface area (Å²) >= 11 is 0. The standard InChI is InChI=1S/C6H9NO/c1-2-6(1)5-8-4-3-7-6/h3-4,7H,1-2,5H2. The van der Waals surface area contributed by atoms with Gasteiger partial charge in [-0.25, -0.2) is 0 Å². The van der Waals surface area contributed by atoms with E-state index in [0.29, 0.717) is 5.54 Å². The molecule has 8 heavy (non-hydrogen) atoms. The largest absolute Gasteiger partial charge is 0.497 e. The molecular formula is C6H9NO. The third-order valence-corrected chi connectivity index (χ3v) is 1.77. The molecule has 44 valence electrons. The molecule has 0 aromatic heterocycles. The first kappa shape index (κ1) is 4.24. The summed E-state index contributed by atoms with van der Waals surface area (Å²) in [7, 11) is 0. The number of hydrogen-bond acceptors (Lipinski definition) is 2. The van der Waals surface area contributed by atoms with Crippen LogP contribution in [0.1, 0.15) is 12.8 Å². The maximum absolute atomic E-state index is 5.10. The molecule has 1 fully saturated rings. The van der Waals surface area contributed by atoms with Gasteiger partial charge in [-0.05, 0) is 12.8 Å². The molecule has 0 unspecified atom stereocenters. The Hall–Kier alpha value is -0.660. The maximum atomic E-state index is 5.10. The van der Waals surface area contributed by atoms with Gasteiger partial charge in [0.15, 0.2) is 0 Å². The Balaban J connectivity index is 2.08. The Morgan fingerprint density at radius 1 is 1.50 bits per heavy atom. The molecule has 0 aromatic rings. The molecule has 1 heterocycles. The van der Waals surface area contributed by atoms with E-state index in [1.165, 1.54) is 12.8 Å². The van der Waals surface area contributed by atoms with Gasteiger partial charge in [-0.1, -0.05) is 0 Å². The fraction of sp³-hybridized carbons (Fsp3) is 0.667. The van der Waals surface area contributed by atoms with Gasteiger partial charge < -0.3 is 10.1 Å². The summed E-state index contributed by atoms with van der Waals surface area (Å²) < 4.78 is 5.10. The lowest BCUT2D eigenvalue weighted by Crippen LogP contribution is -2.33. The van der Waals surface area contributed by atoms with Crippen molar-refractivity contribution >= 4 is 0 Å². The van der Waals surface area contributed by atoms with Crippen LogP contribution < -0.4 is 5.32 Å². The molecule has 0 aromatic carbocycles. The van der Waals surface area contributed by atoms with Crippen molar-refractivity contribution in [2.24, 2.45) is 0 Å². The van der Waals surface area contributed by atoms with E-state index in [-0.39, 0.29) is 0 Å². The van der Waals surface area contributed by atoms with E-state index in [4.69, 9.17) is 4.74 Å². The topological polar surface area (TPSA) is 21.3 Å². The van der Waals surface area contributed by atoms with Crippen LogP contribution in [-0.4, -0.2) is 12.1 Å². The van der Waals surface area contributed by atoms with Crippen molar-refractivity contribution in [1.82, 2.24) is 5.32 Å². The minimum Gasteiger partial charge on any atom is -0.497 e. The van der Waals surface area contributed by atoms with Crippen molar-refractivity contribution in [3.8, 4) is 0 Å². The zero-order valence-corrected chi connectivity index (χ0v) is 4.68. The summed E-state index contributed by atoms with van der Waals surface area (Å²) in [5.74, 6) is 0. The van der Waals surface area contributed by atoms with E-state index >= 15 is 0 Å². The third kappa shape index (κ3) is 0.489. The predicted octanol–water partition coefficient (Wildman–Crippen LogP) is 0.610. The van der Waals surface area contributed by atoms with Gasteiger partial charge >= 0.3 is 0 Å². The first-order valence-electron chi connectivity index (χ1n) is 2.96. The first-order valence-corrected chi connectivity index (χ1v) is 2.96. The number of nitrogens with one attached hydrogen (secondary N) is 1. The van der Waals surface area contributed by atoms with Crippen LogP contribution in [0.4, 0.5) is 0 Å². The van der Waals surface area contributed by atoms with Gasteiger partial charge in [-0.15, -0.1) is 0 Å². The Kier molecular flexibility index (Phi) is 0.629. The Morgan fingerprint density at radius 2 is 2.38 bits per heavy atom. The van der Waals surface area contributed by atoms with Crippen LogP contribution in [0.3, 0.4) is 0 Å². The van der Waals surface area contributed by atoms with Crippen LogP contribution in [0.5, 0.6) is 0 Å². The molecule has 1 aliphatic heterocycles. The first-order chi connectivity index (χ1) is 3.91. The Labute approximate surface area is 48.5 Å². The molecule has 1 saturated carbocycles. The second-order valence-electron chi connectivity index (χ2n) is 2.54. The van der Waals surface area contributed by atoms with E-state index in [9.17, 15) is 0 Å². The highest BCUT2D eigenvalue weighted by molar-refractivity contribution is 5.07. The second-order valence-corrected chi connectivity index (χ2v) is 2.54. The molecule has 1 N–H and O–H groups in total. The number of hydrogen-bond donors (Lipinski definition) is 1. The van der Waals surface area contributed by atoms with Crippen LogP contribution in [0.15, 0.2) is 12.5 Å². The molecule has 0 atom stereocenters. The van der Waals surface area contributed by atoms with Gasteiger partial charge in [-0.3, -0.25) is 0 Å². The summed E-state index contributed by atoms with van der Waals surface area (Å²) in [4.78, 5) is 0. The maximum Gasteiger partial charge on any atom is 0.110 e. The molecule has 2 nitrogen and oxygen atoms in total. The number of ether oxygens (including phenoxy) is 1. The monoisotopic (exact) mass is 111 g/mol. The molecule has 2 rings (SSSR count). The molecule has 0 bridgehead atoms. The third-order valence-electron chi connectivity index (χ3n) is 1.77. The van der Waals surface area contributed by atoms with Crippen LogP contribution in [-0.2, 0) is 4.74 Å². The normalized spacial score (nSPS) is 29.0. The summed E-state index contributed by atoms with van der Waals surface area (Å²) in [6.07, 6.45) is 6.15. The molecule has 0 amide bonds. The molecule has 0 saturated heterocycles. The minimum absolute atomic E-state index is 0.370. The highest BCUT2D eigenvalue weighted by atomic mass is 16.5. The van der Waals surface area contributed by atoms with Gasteiger partial charge in [0, 0.05) is 6.20 Å². The molecule has 1 aliphatic carbocycles. The van der Waals surface area contributed by atoms with Crippen molar-refractivity contribution in [3.05, 3.63) is 12.5 Å². The van der Waals surface area contributed by atoms with Crippen LogP contribution in [0.2, 0.25) is 0 Å². The SMILES string of the molecule is C1=COCC2(CC2)N1. The van der Waals surface area contributed by atoms with Crippen LogP contribution >= 0.6 is 0 Å². The van der Waals surface area contributed by atoms with E-state index in [1.807, 2.05) is 6.20 Å². The van der Waals surface area contributed by atoms with E-state index < -0.39 is 0 Å². The lowest BCUT2D eigenvalue weighted by atomic mass is 10.3. The second kappa shape index (κ2) is 1.19. The van der Waals surface area contributed by atoms with Crippen molar-refractivity contribution < 1.29 is 4.74 Å².